The lowest BCUT2D eigenvalue weighted by Crippen LogP contribution is -2.62. The summed E-state index contributed by atoms with van der Waals surface area (Å²) >= 11 is 0. The highest BCUT2D eigenvalue weighted by Crippen LogP contribution is 2.54. The molecule has 1 aliphatic heterocycles. The van der Waals surface area contributed by atoms with E-state index in [1.165, 1.54) is 38.5 Å². The average Bonchev–Trinajstić information content (AvgIpc) is 3.17. The largest absolute Gasteiger partial charge is 0.378 e. The topological polar surface area (TPSA) is 41.6 Å². The van der Waals surface area contributed by atoms with Crippen LogP contribution in [0.15, 0.2) is 0 Å². The number of carbonyl (C=O) groups excluding carboxylic acids is 1. The van der Waals surface area contributed by atoms with Crippen molar-refractivity contribution in [2.45, 2.75) is 70.4 Å². The Morgan fingerprint density at radius 3 is 2.62 bits per heavy atom. The number of amides is 1. The third-order valence-electron chi connectivity index (χ3n) is 5.88. The summed E-state index contributed by atoms with van der Waals surface area (Å²) in [6.45, 7) is 5.70. The molecule has 3 fully saturated rings. The number of hydrogen-bond donors (Lipinski definition) is 1. The van der Waals surface area contributed by atoms with Gasteiger partial charge in [-0.2, -0.15) is 0 Å². The van der Waals surface area contributed by atoms with Crippen molar-refractivity contribution in [1.82, 2.24) is 10.2 Å². The molecule has 1 heterocycles. The smallest absolute Gasteiger partial charge is 0.223 e. The molecule has 4 nitrogen and oxygen atoms in total. The van der Waals surface area contributed by atoms with E-state index in [1.54, 1.807) is 0 Å². The molecular weight excluding hydrogens is 264 g/mol. The Hall–Kier alpha value is -0.610. The molecule has 0 aromatic rings. The van der Waals surface area contributed by atoms with Gasteiger partial charge in [-0.25, -0.2) is 0 Å². The minimum Gasteiger partial charge on any atom is -0.378 e. The Morgan fingerprint density at radius 1 is 1.24 bits per heavy atom. The van der Waals surface area contributed by atoms with Crippen LogP contribution in [0.2, 0.25) is 0 Å². The van der Waals surface area contributed by atoms with E-state index in [9.17, 15) is 4.79 Å². The molecule has 120 valence electrons. The monoisotopic (exact) mass is 294 g/mol. The molecule has 1 amide bonds. The Morgan fingerprint density at radius 2 is 1.95 bits per heavy atom. The molecule has 2 saturated carbocycles. The summed E-state index contributed by atoms with van der Waals surface area (Å²) in [6.07, 6.45) is 9.89. The van der Waals surface area contributed by atoms with E-state index in [1.807, 2.05) is 4.90 Å². The molecule has 0 aromatic heterocycles. The number of nitrogens with zero attached hydrogens (tertiary/aromatic N) is 1. The first-order valence-electron chi connectivity index (χ1n) is 8.89. The van der Waals surface area contributed by atoms with Gasteiger partial charge in [-0.15, -0.1) is 0 Å². The third-order valence-corrected chi connectivity index (χ3v) is 5.88. The number of hydrogen-bond acceptors (Lipinski definition) is 3. The number of nitrogens with one attached hydrogen (secondary N) is 1. The molecule has 3 rings (SSSR count). The van der Waals surface area contributed by atoms with E-state index >= 15 is 0 Å². The molecule has 21 heavy (non-hydrogen) atoms. The third kappa shape index (κ3) is 2.98. The molecule has 4 heteroatoms. The molecule has 1 spiro atoms. The normalized spacial score (nSPS) is 30.8. The lowest BCUT2D eigenvalue weighted by atomic mass is 9.60. The highest BCUT2D eigenvalue weighted by atomic mass is 16.5. The SMILES string of the molecule is CCOC1CC(NCCC(=O)N2CCCC2)C12CCCC2. The average molecular weight is 294 g/mol. The molecule has 0 radical (unpaired) electrons. The molecule has 0 aromatic carbocycles. The Balaban J connectivity index is 1.44. The molecule has 2 unspecified atom stereocenters. The molecular formula is C17H30N2O2. The fourth-order valence-corrected chi connectivity index (χ4v) is 4.65. The maximum absolute atomic E-state index is 12.1. The summed E-state index contributed by atoms with van der Waals surface area (Å²) in [7, 11) is 0. The number of likely N-dealkylation sites (tertiary alicyclic amines) is 1. The van der Waals surface area contributed by atoms with Crippen LogP contribution in [-0.4, -0.2) is 49.2 Å². The summed E-state index contributed by atoms with van der Waals surface area (Å²) < 4.78 is 5.94. The second-order valence-electron chi connectivity index (χ2n) is 6.96. The van der Waals surface area contributed by atoms with Crippen LogP contribution >= 0.6 is 0 Å². The molecule has 1 N–H and O–H groups in total. The van der Waals surface area contributed by atoms with Crippen LogP contribution < -0.4 is 5.32 Å². The van der Waals surface area contributed by atoms with Crippen molar-refractivity contribution < 1.29 is 9.53 Å². The van der Waals surface area contributed by atoms with E-state index < -0.39 is 0 Å². The standard InChI is InChI=1S/C17H30N2O2/c1-2-21-15-13-14(17(15)8-3-4-9-17)18-10-7-16(20)19-11-5-6-12-19/h14-15,18H,2-13H2,1H3. The molecule has 2 aliphatic carbocycles. The van der Waals surface area contributed by atoms with Crippen LogP contribution in [0, 0.1) is 5.41 Å². The van der Waals surface area contributed by atoms with Crippen LogP contribution in [0.4, 0.5) is 0 Å². The Kier molecular flexibility index (Phi) is 4.85. The van der Waals surface area contributed by atoms with Gasteiger partial charge in [0.05, 0.1) is 6.10 Å². The van der Waals surface area contributed by atoms with Gasteiger partial charge in [0.25, 0.3) is 0 Å². The summed E-state index contributed by atoms with van der Waals surface area (Å²) in [5, 5.41) is 3.67. The van der Waals surface area contributed by atoms with Crippen molar-refractivity contribution in [1.29, 1.82) is 0 Å². The van der Waals surface area contributed by atoms with Gasteiger partial charge in [0, 0.05) is 44.1 Å². The van der Waals surface area contributed by atoms with Crippen LogP contribution in [0.5, 0.6) is 0 Å². The van der Waals surface area contributed by atoms with Crippen molar-refractivity contribution in [3.8, 4) is 0 Å². The minimum absolute atomic E-state index is 0.334. The first-order chi connectivity index (χ1) is 10.3. The highest BCUT2D eigenvalue weighted by Gasteiger charge is 2.56. The van der Waals surface area contributed by atoms with Gasteiger partial charge in [0.15, 0.2) is 0 Å². The van der Waals surface area contributed by atoms with Gasteiger partial charge >= 0.3 is 0 Å². The molecule has 2 atom stereocenters. The van der Waals surface area contributed by atoms with Gasteiger partial charge < -0.3 is 15.0 Å². The summed E-state index contributed by atoms with van der Waals surface area (Å²) in [6, 6.07) is 0.572. The van der Waals surface area contributed by atoms with Gasteiger partial charge in [0.2, 0.25) is 5.91 Å². The zero-order valence-electron chi connectivity index (χ0n) is 13.4. The van der Waals surface area contributed by atoms with E-state index in [2.05, 4.69) is 12.2 Å². The zero-order valence-corrected chi connectivity index (χ0v) is 13.4. The van der Waals surface area contributed by atoms with Crippen LogP contribution in [0.3, 0.4) is 0 Å². The molecule has 1 saturated heterocycles. The second-order valence-corrected chi connectivity index (χ2v) is 6.96. The lowest BCUT2D eigenvalue weighted by Gasteiger charge is -2.54. The zero-order chi connectivity index (χ0) is 14.7. The number of rotatable bonds is 6. The van der Waals surface area contributed by atoms with Gasteiger partial charge in [-0.05, 0) is 39.0 Å². The Labute approximate surface area is 128 Å². The number of carbonyl (C=O) groups is 1. The fourth-order valence-electron chi connectivity index (χ4n) is 4.65. The molecule has 0 bridgehead atoms. The maximum Gasteiger partial charge on any atom is 0.223 e. The van der Waals surface area contributed by atoms with Crippen molar-refractivity contribution in [3.63, 3.8) is 0 Å². The van der Waals surface area contributed by atoms with Crippen molar-refractivity contribution in [2.75, 3.05) is 26.2 Å². The Bertz CT molecular complexity index is 360. The number of ether oxygens (including phenoxy) is 1. The van der Waals surface area contributed by atoms with Crippen LogP contribution in [0.25, 0.3) is 0 Å². The summed E-state index contributed by atoms with van der Waals surface area (Å²) in [5.41, 5.74) is 0.382. The second kappa shape index (κ2) is 6.66. The van der Waals surface area contributed by atoms with E-state index in [4.69, 9.17) is 4.74 Å². The van der Waals surface area contributed by atoms with Crippen LogP contribution in [0.1, 0.15) is 58.3 Å². The predicted molar refractivity (Wildman–Crippen MR) is 83.2 cm³/mol. The van der Waals surface area contributed by atoms with Crippen LogP contribution in [-0.2, 0) is 9.53 Å². The van der Waals surface area contributed by atoms with E-state index in [0.29, 0.717) is 29.9 Å². The molecule has 3 aliphatic rings. The van der Waals surface area contributed by atoms with E-state index in [-0.39, 0.29) is 0 Å². The van der Waals surface area contributed by atoms with E-state index in [0.717, 1.165) is 32.7 Å². The first-order valence-corrected chi connectivity index (χ1v) is 8.89. The summed E-state index contributed by atoms with van der Waals surface area (Å²) in [5.74, 6) is 0.334. The van der Waals surface area contributed by atoms with Gasteiger partial charge in [0.1, 0.15) is 0 Å². The van der Waals surface area contributed by atoms with Gasteiger partial charge in [-0.3, -0.25) is 4.79 Å². The minimum atomic E-state index is 0.334. The van der Waals surface area contributed by atoms with Gasteiger partial charge in [-0.1, -0.05) is 12.8 Å². The fraction of sp³-hybridized carbons (Fsp3) is 0.941. The first kappa shape index (κ1) is 15.3. The maximum atomic E-state index is 12.1. The summed E-state index contributed by atoms with van der Waals surface area (Å²) in [4.78, 5) is 14.1. The highest BCUT2D eigenvalue weighted by molar-refractivity contribution is 5.76. The lowest BCUT2D eigenvalue weighted by molar-refractivity contribution is -0.134. The van der Waals surface area contributed by atoms with Crippen molar-refractivity contribution in [3.05, 3.63) is 0 Å². The quantitative estimate of drug-likeness (QED) is 0.817. The van der Waals surface area contributed by atoms with Crippen molar-refractivity contribution in [2.24, 2.45) is 5.41 Å². The van der Waals surface area contributed by atoms with Crippen molar-refractivity contribution >= 4 is 5.91 Å². The predicted octanol–water partition coefficient (Wildman–Crippen LogP) is 2.33.